The van der Waals surface area contributed by atoms with E-state index in [0.29, 0.717) is 92.4 Å². The van der Waals surface area contributed by atoms with Crippen LogP contribution in [0.4, 0.5) is 14.5 Å². The van der Waals surface area contributed by atoms with Gasteiger partial charge in [-0.1, -0.05) is 17.7 Å². The number of hydrogen-bond donors (Lipinski definition) is 0. The standard InChI is InChI=1S/C32H41ClF2N4O4S/c1-20-28(33)16-30(39(44(2,41)42)17-21-3-4-21)31(36-20)22-7-11-37(12-8-22)32(40)27-19-38(24-9-13-43-14-10-24)18-26(27)25-6-5-23(34)15-29(25)35/h5-6,15-16,21-22,24,26-27H,3-4,7-14,17-19H2,1-2H3/t26?,27-/m1/s1. The molecule has 1 aliphatic carbocycles. The van der Waals surface area contributed by atoms with Crippen molar-refractivity contribution in [1.82, 2.24) is 14.8 Å². The molecule has 12 heteroatoms. The summed E-state index contributed by atoms with van der Waals surface area (Å²) in [6, 6.07) is 5.65. The second kappa shape index (κ2) is 12.8. The van der Waals surface area contributed by atoms with Crippen molar-refractivity contribution in [3.05, 3.63) is 57.9 Å². The normalized spacial score (nSPS) is 24.2. The van der Waals surface area contributed by atoms with Gasteiger partial charge < -0.3 is 9.64 Å². The van der Waals surface area contributed by atoms with Gasteiger partial charge in [0.25, 0.3) is 0 Å². The Balaban J connectivity index is 1.21. The van der Waals surface area contributed by atoms with Crippen LogP contribution in [0, 0.1) is 30.4 Å². The molecule has 1 aromatic carbocycles. The van der Waals surface area contributed by atoms with E-state index < -0.39 is 27.6 Å². The lowest BCUT2D eigenvalue weighted by molar-refractivity contribution is -0.136. The van der Waals surface area contributed by atoms with Crippen molar-refractivity contribution in [2.75, 3.05) is 56.5 Å². The molecule has 4 fully saturated rings. The van der Waals surface area contributed by atoms with Crippen LogP contribution < -0.4 is 4.31 Å². The number of halogens is 3. The van der Waals surface area contributed by atoms with Gasteiger partial charge in [-0.2, -0.15) is 0 Å². The monoisotopic (exact) mass is 650 g/mol. The van der Waals surface area contributed by atoms with Gasteiger partial charge >= 0.3 is 0 Å². The molecule has 1 unspecified atom stereocenters. The number of piperidine rings is 1. The quantitative estimate of drug-likeness (QED) is 0.396. The number of rotatable bonds is 8. The van der Waals surface area contributed by atoms with E-state index in [1.54, 1.807) is 6.07 Å². The van der Waals surface area contributed by atoms with Gasteiger partial charge in [0.15, 0.2) is 0 Å². The summed E-state index contributed by atoms with van der Waals surface area (Å²) >= 11 is 6.46. The summed E-state index contributed by atoms with van der Waals surface area (Å²) in [4.78, 5) is 23.1. The molecule has 2 atom stereocenters. The van der Waals surface area contributed by atoms with Crippen molar-refractivity contribution in [1.29, 1.82) is 0 Å². The Morgan fingerprint density at radius 2 is 1.77 bits per heavy atom. The van der Waals surface area contributed by atoms with Crippen LogP contribution >= 0.6 is 11.6 Å². The summed E-state index contributed by atoms with van der Waals surface area (Å²) in [6.45, 7) is 5.61. The van der Waals surface area contributed by atoms with E-state index in [0.717, 1.165) is 31.7 Å². The second-order valence-corrected chi connectivity index (χ2v) is 15.3. The zero-order valence-electron chi connectivity index (χ0n) is 25.4. The van der Waals surface area contributed by atoms with Crippen molar-refractivity contribution in [2.24, 2.45) is 11.8 Å². The van der Waals surface area contributed by atoms with Crippen LogP contribution in [0.3, 0.4) is 0 Å². The number of carbonyl (C=O) groups is 1. The molecule has 1 aromatic heterocycles. The van der Waals surface area contributed by atoms with Crippen LogP contribution in [0.15, 0.2) is 24.3 Å². The highest BCUT2D eigenvalue weighted by Crippen LogP contribution is 2.42. The molecule has 8 nitrogen and oxygen atoms in total. The minimum atomic E-state index is -3.55. The number of aryl methyl sites for hydroxylation is 1. The van der Waals surface area contributed by atoms with Crippen LogP contribution in [0.25, 0.3) is 0 Å². The van der Waals surface area contributed by atoms with Gasteiger partial charge in [0.1, 0.15) is 11.6 Å². The van der Waals surface area contributed by atoms with Crippen molar-refractivity contribution in [2.45, 2.75) is 63.3 Å². The number of benzene rings is 1. The van der Waals surface area contributed by atoms with Gasteiger partial charge in [0.05, 0.1) is 34.3 Å². The van der Waals surface area contributed by atoms with Crippen molar-refractivity contribution in [3.8, 4) is 0 Å². The molecule has 0 bridgehead atoms. The fourth-order valence-electron chi connectivity index (χ4n) is 7.20. The topological polar surface area (TPSA) is 83.1 Å². The largest absolute Gasteiger partial charge is 0.381 e. The van der Waals surface area contributed by atoms with E-state index in [4.69, 9.17) is 21.3 Å². The number of amides is 1. The molecule has 240 valence electrons. The number of carbonyl (C=O) groups excluding carboxylic acids is 1. The number of aromatic nitrogens is 1. The minimum absolute atomic E-state index is 0.0151. The third-order valence-electron chi connectivity index (χ3n) is 9.88. The second-order valence-electron chi connectivity index (χ2n) is 13.0. The maximum Gasteiger partial charge on any atom is 0.232 e. The first-order valence-corrected chi connectivity index (χ1v) is 17.9. The summed E-state index contributed by atoms with van der Waals surface area (Å²) in [7, 11) is -3.55. The lowest BCUT2D eigenvalue weighted by atomic mass is 9.86. The zero-order valence-corrected chi connectivity index (χ0v) is 26.9. The van der Waals surface area contributed by atoms with Gasteiger partial charge in [-0.05, 0) is 69.1 Å². The molecule has 0 radical (unpaired) electrons. The van der Waals surface area contributed by atoms with E-state index in [9.17, 15) is 17.6 Å². The Kier molecular flexibility index (Phi) is 9.21. The van der Waals surface area contributed by atoms with E-state index in [2.05, 4.69) is 4.90 Å². The molecule has 3 saturated heterocycles. The smallest absolute Gasteiger partial charge is 0.232 e. The lowest BCUT2D eigenvalue weighted by Gasteiger charge is -2.36. The lowest BCUT2D eigenvalue weighted by Crippen LogP contribution is -2.44. The molecule has 0 N–H and O–H groups in total. The third kappa shape index (κ3) is 6.76. The highest BCUT2D eigenvalue weighted by molar-refractivity contribution is 7.92. The van der Waals surface area contributed by atoms with Crippen LogP contribution in [0.2, 0.25) is 5.02 Å². The molecule has 6 rings (SSSR count). The van der Waals surface area contributed by atoms with E-state index in [-0.39, 0.29) is 23.8 Å². The highest BCUT2D eigenvalue weighted by Gasteiger charge is 2.44. The number of sulfonamides is 1. The van der Waals surface area contributed by atoms with E-state index in [1.807, 2.05) is 11.8 Å². The number of hydrogen-bond acceptors (Lipinski definition) is 6. The summed E-state index contributed by atoms with van der Waals surface area (Å²) < 4.78 is 61.6. The molecule has 1 saturated carbocycles. The molecule has 4 aliphatic rings. The first kappa shape index (κ1) is 31.6. The maximum absolute atomic E-state index is 15.1. The molecular formula is C32H41ClF2N4O4S. The molecule has 3 aliphatic heterocycles. The first-order valence-electron chi connectivity index (χ1n) is 15.7. The zero-order chi connectivity index (χ0) is 31.2. The average Bonchev–Trinajstić information content (AvgIpc) is 3.72. The Morgan fingerprint density at radius 3 is 2.41 bits per heavy atom. The Morgan fingerprint density at radius 1 is 1.07 bits per heavy atom. The van der Waals surface area contributed by atoms with Crippen LogP contribution in [-0.4, -0.2) is 87.3 Å². The molecular weight excluding hydrogens is 610 g/mol. The summed E-state index contributed by atoms with van der Waals surface area (Å²) in [5.41, 5.74) is 2.28. The SMILES string of the molecule is Cc1nc(C2CCN(C(=O)[C@@H]3CN(C4CCOCC4)CC3c3ccc(F)cc3F)CC2)c(N(CC2CC2)S(C)(=O)=O)cc1Cl. The molecule has 44 heavy (non-hydrogen) atoms. The molecule has 0 spiro atoms. The van der Waals surface area contributed by atoms with Gasteiger partial charge in [0.2, 0.25) is 15.9 Å². The number of likely N-dealkylation sites (tertiary alicyclic amines) is 2. The Bertz CT molecular complexity index is 1490. The molecule has 2 aromatic rings. The van der Waals surface area contributed by atoms with Gasteiger partial charge in [-0.15, -0.1) is 0 Å². The number of nitrogens with zero attached hydrogens (tertiary/aromatic N) is 4. The highest BCUT2D eigenvalue weighted by atomic mass is 35.5. The third-order valence-corrected chi connectivity index (χ3v) is 11.4. The minimum Gasteiger partial charge on any atom is -0.381 e. The fourth-order valence-corrected chi connectivity index (χ4v) is 8.33. The Hall–Kier alpha value is -2.34. The van der Waals surface area contributed by atoms with E-state index >= 15 is 4.39 Å². The number of anilines is 1. The van der Waals surface area contributed by atoms with Crippen LogP contribution in [0.1, 0.15) is 67.3 Å². The first-order chi connectivity index (χ1) is 21.0. The number of ether oxygens (including phenoxy) is 1. The average molecular weight is 651 g/mol. The van der Waals surface area contributed by atoms with Gasteiger partial charge in [-0.3, -0.25) is 19.0 Å². The molecule has 4 heterocycles. The maximum atomic E-state index is 15.1. The predicted octanol–water partition coefficient (Wildman–Crippen LogP) is 5.10. The van der Waals surface area contributed by atoms with Crippen molar-refractivity contribution in [3.63, 3.8) is 0 Å². The summed E-state index contributed by atoms with van der Waals surface area (Å²) in [5.74, 6) is -1.78. The predicted molar refractivity (Wildman–Crippen MR) is 165 cm³/mol. The van der Waals surface area contributed by atoms with E-state index in [1.165, 1.54) is 22.7 Å². The Labute approximate surface area is 263 Å². The summed E-state index contributed by atoms with van der Waals surface area (Å²) in [5, 5.41) is 0.426. The van der Waals surface area contributed by atoms with Crippen LogP contribution in [0.5, 0.6) is 0 Å². The molecule has 1 amide bonds. The van der Waals surface area contributed by atoms with Crippen molar-refractivity contribution >= 4 is 33.2 Å². The fraction of sp³-hybridized carbons (Fsp3) is 0.625. The van der Waals surface area contributed by atoms with Crippen LogP contribution in [-0.2, 0) is 19.6 Å². The number of pyridine rings is 1. The van der Waals surface area contributed by atoms with Gasteiger partial charge in [0, 0.05) is 69.9 Å². The van der Waals surface area contributed by atoms with Crippen molar-refractivity contribution < 1.29 is 26.7 Å². The summed E-state index contributed by atoms with van der Waals surface area (Å²) in [6.07, 6.45) is 6.22. The van der Waals surface area contributed by atoms with Gasteiger partial charge in [-0.25, -0.2) is 17.2 Å².